The van der Waals surface area contributed by atoms with Gasteiger partial charge in [0.15, 0.2) is 23.1 Å². The van der Waals surface area contributed by atoms with E-state index in [1.807, 2.05) is 12.1 Å². The molecule has 0 spiro atoms. The van der Waals surface area contributed by atoms with Crippen LogP contribution in [0.25, 0.3) is 11.3 Å². The number of hydrogen-bond acceptors (Lipinski definition) is 5. The van der Waals surface area contributed by atoms with Crippen LogP contribution in [0, 0.1) is 5.41 Å². The molecule has 0 amide bonds. The molecule has 2 heterocycles. The van der Waals surface area contributed by atoms with Crippen molar-refractivity contribution in [2.24, 2.45) is 5.41 Å². The summed E-state index contributed by atoms with van der Waals surface area (Å²) in [6.45, 7) is 5.40. The molecule has 106 valence electrons. The minimum absolute atomic E-state index is 0.0325. The number of nitrogens with two attached hydrogens (primary N) is 1. The van der Waals surface area contributed by atoms with E-state index in [9.17, 15) is 0 Å². The number of nitrogens with zero attached hydrogens (tertiary/aromatic N) is 1. The highest BCUT2D eigenvalue weighted by Crippen LogP contribution is 2.42. The highest BCUT2D eigenvalue weighted by Gasteiger charge is 2.27. The summed E-state index contributed by atoms with van der Waals surface area (Å²) in [4.78, 5) is 0. The predicted octanol–water partition coefficient (Wildman–Crippen LogP) is 3.48. The first-order valence-corrected chi connectivity index (χ1v) is 7.06. The van der Waals surface area contributed by atoms with Crippen LogP contribution in [0.3, 0.4) is 0 Å². The molecule has 0 bridgehead atoms. The van der Waals surface area contributed by atoms with E-state index in [-0.39, 0.29) is 5.41 Å². The molecule has 0 atom stereocenters. The summed E-state index contributed by atoms with van der Waals surface area (Å²) in [7, 11) is 0. The molecule has 6 heteroatoms. The second kappa shape index (κ2) is 4.70. The molecule has 3 rings (SSSR count). The molecule has 0 aliphatic carbocycles. The molecular formula is C14H15BrN2O3. The molecule has 1 aliphatic rings. The minimum atomic E-state index is -0.0325. The van der Waals surface area contributed by atoms with Crippen molar-refractivity contribution in [1.29, 1.82) is 0 Å². The summed E-state index contributed by atoms with van der Waals surface area (Å²) in [6, 6.07) is 5.46. The van der Waals surface area contributed by atoms with Crippen molar-refractivity contribution in [2.45, 2.75) is 13.8 Å². The van der Waals surface area contributed by atoms with Crippen LogP contribution in [0.15, 0.2) is 27.2 Å². The quantitative estimate of drug-likeness (QED) is 0.861. The zero-order valence-corrected chi connectivity index (χ0v) is 12.9. The Morgan fingerprint density at radius 1 is 1.20 bits per heavy atom. The molecule has 2 N–H and O–H groups in total. The molecular weight excluding hydrogens is 324 g/mol. The lowest BCUT2D eigenvalue weighted by Gasteiger charge is -2.19. The lowest BCUT2D eigenvalue weighted by molar-refractivity contribution is 0.140. The van der Waals surface area contributed by atoms with Crippen molar-refractivity contribution in [3.8, 4) is 22.8 Å². The van der Waals surface area contributed by atoms with Crippen LogP contribution >= 0.6 is 15.9 Å². The fraction of sp³-hybridized carbons (Fsp3) is 0.357. The van der Waals surface area contributed by atoms with Gasteiger partial charge in [-0.3, -0.25) is 0 Å². The van der Waals surface area contributed by atoms with Crippen molar-refractivity contribution in [3.63, 3.8) is 0 Å². The average molecular weight is 339 g/mol. The smallest absolute Gasteiger partial charge is 0.175 e. The summed E-state index contributed by atoms with van der Waals surface area (Å²) in [5, 5.41) is 3.69. The molecule has 1 aliphatic heterocycles. The zero-order chi connectivity index (χ0) is 14.3. The maximum Gasteiger partial charge on any atom is 0.175 e. The molecule has 0 unspecified atom stereocenters. The topological polar surface area (TPSA) is 70.5 Å². The first-order chi connectivity index (χ1) is 9.44. The highest BCUT2D eigenvalue weighted by molar-refractivity contribution is 9.10. The molecule has 20 heavy (non-hydrogen) atoms. The van der Waals surface area contributed by atoms with Crippen molar-refractivity contribution in [3.05, 3.63) is 22.7 Å². The number of nitrogen functional groups attached to an aromatic ring is 1. The zero-order valence-electron chi connectivity index (χ0n) is 11.3. The van der Waals surface area contributed by atoms with Crippen molar-refractivity contribution >= 4 is 21.7 Å². The van der Waals surface area contributed by atoms with Gasteiger partial charge in [0.25, 0.3) is 0 Å². The Morgan fingerprint density at radius 2 is 1.95 bits per heavy atom. The molecule has 1 aromatic heterocycles. The maximum absolute atomic E-state index is 5.87. The van der Waals surface area contributed by atoms with Crippen LogP contribution < -0.4 is 15.2 Å². The van der Waals surface area contributed by atoms with E-state index in [0.29, 0.717) is 36.3 Å². The Kier molecular flexibility index (Phi) is 3.12. The molecule has 0 radical (unpaired) electrons. The number of halogens is 1. The third-order valence-electron chi connectivity index (χ3n) is 3.05. The van der Waals surface area contributed by atoms with Crippen LogP contribution in [0.1, 0.15) is 13.8 Å². The predicted molar refractivity (Wildman–Crippen MR) is 78.8 cm³/mol. The van der Waals surface area contributed by atoms with Gasteiger partial charge in [-0.2, -0.15) is 0 Å². The number of benzene rings is 1. The molecule has 0 saturated heterocycles. The Labute approximate surface area is 125 Å². The number of ether oxygens (including phenoxy) is 2. The number of aromatic nitrogens is 1. The van der Waals surface area contributed by atoms with E-state index in [1.54, 1.807) is 6.07 Å². The second-order valence-electron chi connectivity index (χ2n) is 5.64. The fourth-order valence-electron chi connectivity index (χ4n) is 1.97. The maximum atomic E-state index is 5.87. The van der Waals surface area contributed by atoms with Crippen LogP contribution in [0.5, 0.6) is 11.5 Å². The van der Waals surface area contributed by atoms with E-state index in [2.05, 4.69) is 34.9 Å². The van der Waals surface area contributed by atoms with Crippen molar-refractivity contribution < 1.29 is 14.0 Å². The van der Waals surface area contributed by atoms with Crippen molar-refractivity contribution in [2.75, 3.05) is 18.9 Å². The van der Waals surface area contributed by atoms with Gasteiger partial charge >= 0.3 is 0 Å². The lowest BCUT2D eigenvalue weighted by atomic mass is 9.97. The third-order valence-corrected chi connectivity index (χ3v) is 3.64. The Morgan fingerprint density at radius 3 is 2.65 bits per heavy atom. The van der Waals surface area contributed by atoms with Gasteiger partial charge in [-0.25, -0.2) is 0 Å². The molecule has 5 nitrogen and oxygen atoms in total. The standard InChI is InChI=1S/C14H15BrN2O3/c1-14(2)6-18-11-4-8(10-5-12(16)17-20-10)3-9(15)13(11)19-7-14/h3-5H,6-7H2,1-2H3,(H2,16,17). The highest BCUT2D eigenvalue weighted by atomic mass is 79.9. The van der Waals surface area contributed by atoms with Gasteiger partial charge in [0.2, 0.25) is 0 Å². The normalized spacial score (nSPS) is 16.8. The number of hydrogen-bond donors (Lipinski definition) is 1. The van der Waals surface area contributed by atoms with Crippen LogP contribution in [-0.4, -0.2) is 18.4 Å². The van der Waals surface area contributed by atoms with Crippen LogP contribution in [0.2, 0.25) is 0 Å². The Bertz CT molecular complexity index is 652. The van der Waals surface area contributed by atoms with Crippen LogP contribution in [-0.2, 0) is 0 Å². The second-order valence-corrected chi connectivity index (χ2v) is 6.50. The fourth-order valence-corrected chi connectivity index (χ4v) is 2.52. The first kappa shape index (κ1) is 13.3. The SMILES string of the molecule is CC1(C)COc2cc(-c3cc(N)no3)cc(Br)c2OC1. The number of fused-ring (bicyclic) bond motifs is 1. The average Bonchev–Trinajstić information content (AvgIpc) is 2.74. The molecule has 2 aromatic rings. The van der Waals surface area contributed by atoms with Crippen LogP contribution in [0.4, 0.5) is 5.82 Å². The van der Waals surface area contributed by atoms with Crippen molar-refractivity contribution in [1.82, 2.24) is 5.16 Å². The lowest BCUT2D eigenvalue weighted by Crippen LogP contribution is -2.26. The van der Waals surface area contributed by atoms with E-state index in [4.69, 9.17) is 19.7 Å². The van der Waals surface area contributed by atoms with Gasteiger partial charge in [-0.1, -0.05) is 19.0 Å². The number of anilines is 1. The van der Waals surface area contributed by atoms with Gasteiger partial charge in [-0.15, -0.1) is 0 Å². The van der Waals surface area contributed by atoms with E-state index in [0.717, 1.165) is 10.0 Å². The van der Waals surface area contributed by atoms with E-state index >= 15 is 0 Å². The summed E-state index contributed by atoms with van der Waals surface area (Å²) in [5.74, 6) is 2.35. The first-order valence-electron chi connectivity index (χ1n) is 6.26. The summed E-state index contributed by atoms with van der Waals surface area (Å²) in [6.07, 6.45) is 0. The number of rotatable bonds is 1. The third kappa shape index (κ3) is 2.47. The van der Waals surface area contributed by atoms with Gasteiger partial charge in [-0.05, 0) is 28.1 Å². The monoisotopic (exact) mass is 338 g/mol. The largest absolute Gasteiger partial charge is 0.489 e. The summed E-state index contributed by atoms with van der Waals surface area (Å²) >= 11 is 3.51. The minimum Gasteiger partial charge on any atom is -0.489 e. The van der Waals surface area contributed by atoms with E-state index < -0.39 is 0 Å². The molecule has 0 fully saturated rings. The Hall–Kier alpha value is -1.69. The Balaban J connectivity index is 2.02. The summed E-state index contributed by atoms with van der Waals surface area (Å²) in [5.41, 5.74) is 6.38. The summed E-state index contributed by atoms with van der Waals surface area (Å²) < 4.78 is 17.7. The van der Waals surface area contributed by atoms with Gasteiger partial charge in [0.1, 0.15) is 0 Å². The van der Waals surface area contributed by atoms with E-state index in [1.165, 1.54) is 0 Å². The molecule has 0 saturated carbocycles. The van der Waals surface area contributed by atoms with Gasteiger partial charge < -0.3 is 19.7 Å². The molecule has 1 aromatic carbocycles. The van der Waals surface area contributed by atoms with Gasteiger partial charge in [0.05, 0.1) is 17.7 Å². The van der Waals surface area contributed by atoms with Gasteiger partial charge in [0, 0.05) is 17.0 Å².